The van der Waals surface area contributed by atoms with Gasteiger partial charge in [-0.25, -0.2) is 12.7 Å². The highest BCUT2D eigenvalue weighted by Gasteiger charge is 2.27. The molecule has 1 N–H and O–H groups in total. The monoisotopic (exact) mass is 312 g/mol. The fourth-order valence-corrected chi connectivity index (χ4v) is 3.69. The van der Waals surface area contributed by atoms with Gasteiger partial charge in [-0.05, 0) is 25.5 Å². The van der Waals surface area contributed by atoms with Crippen LogP contribution in [0.1, 0.15) is 24.5 Å². The molecule has 1 aromatic rings. The van der Waals surface area contributed by atoms with Crippen LogP contribution in [0.4, 0.5) is 0 Å². The molecule has 0 spiro atoms. The predicted octanol–water partition coefficient (Wildman–Crippen LogP) is 1.08. The van der Waals surface area contributed by atoms with Gasteiger partial charge in [-0.1, -0.05) is 30.3 Å². The predicted molar refractivity (Wildman–Crippen MR) is 83.5 cm³/mol. The number of benzene rings is 1. The zero-order valence-electron chi connectivity index (χ0n) is 12.6. The first-order chi connectivity index (χ1) is 9.88. The third-order valence-corrected chi connectivity index (χ3v) is 5.46. The summed E-state index contributed by atoms with van der Waals surface area (Å²) < 4.78 is 24.5. The Morgan fingerprint density at radius 3 is 2.38 bits per heavy atom. The number of nitrogens with zero attached hydrogens (tertiary/aromatic N) is 2. The second kappa shape index (κ2) is 6.87. The molecule has 1 heterocycles. The van der Waals surface area contributed by atoms with Crippen molar-refractivity contribution in [3.8, 4) is 0 Å². The molecule has 21 heavy (non-hydrogen) atoms. The van der Waals surface area contributed by atoms with Crippen molar-refractivity contribution in [3.63, 3.8) is 0 Å². The van der Waals surface area contributed by atoms with E-state index in [-0.39, 0.29) is 0 Å². The largest absolute Gasteiger partial charge is 0.387 e. The third kappa shape index (κ3) is 4.51. The number of sulfonamides is 1. The number of aliphatic hydroxyl groups is 1. The molecule has 0 saturated carbocycles. The Kier molecular flexibility index (Phi) is 5.37. The highest BCUT2D eigenvalue weighted by molar-refractivity contribution is 7.88. The molecule has 1 unspecified atom stereocenters. The van der Waals surface area contributed by atoms with Crippen molar-refractivity contribution in [1.29, 1.82) is 0 Å². The van der Waals surface area contributed by atoms with E-state index in [0.29, 0.717) is 25.7 Å². The molecule has 2 rings (SSSR count). The lowest BCUT2D eigenvalue weighted by atomic mass is 10.0. The summed E-state index contributed by atoms with van der Waals surface area (Å²) in [5, 5.41) is 10.3. The average Bonchev–Trinajstić information content (AvgIpc) is 2.47. The van der Waals surface area contributed by atoms with E-state index in [2.05, 4.69) is 4.90 Å². The van der Waals surface area contributed by atoms with E-state index < -0.39 is 16.1 Å². The lowest BCUT2D eigenvalue weighted by Gasteiger charge is -2.36. The molecule has 0 bridgehead atoms. The second-order valence-corrected chi connectivity index (χ2v) is 7.74. The van der Waals surface area contributed by atoms with Gasteiger partial charge in [0.1, 0.15) is 0 Å². The van der Waals surface area contributed by atoms with Crippen molar-refractivity contribution in [2.24, 2.45) is 0 Å². The van der Waals surface area contributed by atoms with E-state index in [9.17, 15) is 13.5 Å². The van der Waals surface area contributed by atoms with Crippen LogP contribution in [0.2, 0.25) is 0 Å². The average molecular weight is 312 g/mol. The summed E-state index contributed by atoms with van der Waals surface area (Å²) in [5.74, 6) is 0. The van der Waals surface area contributed by atoms with Gasteiger partial charge in [-0.15, -0.1) is 0 Å². The standard InChI is InChI=1S/C15H24N2O3S/c1-16(12-15(18)13-6-4-3-5-7-13)14-8-10-17(11-9-14)21(2,19)20/h3-7,14-15,18H,8-12H2,1-2H3. The number of rotatable bonds is 5. The zero-order valence-corrected chi connectivity index (χ0v) is 13.5. The summed E-state index contributed by atoms with van der Waals surface area (Å²) in [5.41, 5.74) is 0.915. The Labute approximate surface area is 127 Å². The van der Waals surface area contributed by atoms with Crippen molar-refractivity contribution < 1.29 is 13.5 Å². The number of hydrogen-bond donors (Lipinski definition) is 1. The van der Waals surface area contributed by atoms with E-state index in [0.717, 1.165) is 18.4 Å². The minimum Gasteiger partial charge on any atom is -0.387 e. The lowest BCUT2D eigenvalue weighted by Crippen LogP contribution is -2.46. The summed E-state index contributed by atoms with van der Waals surface area (Å²) >= 11 is 0. The first-order valence-electron chi connectivity index (χ1n) is 7.26. The normalized spacial score (nSPS) is 19.8. The number of aliphatic hydroxyl groups excluding tert-OH is 1. The SMILES string of the molecule is CN(CC(O)c1ccccc1)C1CCN(S(C)(=O)=O)CC1. The van der Waals surface area contributed by atoms with Gasteiger partial charge >= 0.3 is 0 Å². The summed E-state index contributed by atoms with van der Waals surface area (Å²) in [4.78, 5) is 2.14. The van der Waals surface area contributed by atoms with Crippen LogP contribution in [0.3, 0.4) is 0 Å². The third-order valence-electron chi connectivity index (χ3n) is 4.16. The maximum absolute atomic E-state index is 11.5. The maximum atomic E-state index is 11.5. The molecule has 118 valence electrons. The quantitative estimate of drug-likeness (QED) is 0.884. The van der Waals surface area contributed by atoms with Gasteiger partial charge in [0.2, 0.25) is 10.0 Å². The Bertz CT molecular complexity index is 539. The highest BCUT2D eigenvalue weighted by Crippen LogP contribution is 2.20. The summed E-state index contributed by atoms with van der Waals surface area (Å²) in [6.07, 6.45) is 2.37. The van der Waals surface area contributed by atoms with Crippen molar-refractivity contribution in [1.82, 2.24) is 9.21 Å². The maximum Gasteiger partial charge on any atom is 0.211 e. The van der Waals surface area contributed by atoms with Crippen molar-refractivity contribution in [2.45, 2.75) is 25.0 Å². The van der Waals surface area contributed by atoms with Gasteiger partial charge in [0.15, 0.2) is 0 Å². The Morgan fingerprint density at radius 2 is 1.86 bits per heavy atom. The zero-order chi connectivity index (χ0) is 15.5. The van der Waals surface area contributed by atoms with Crippen LogP contribution >= 0.6 is 0 Å². The molecular weight excluding hydrogens is 288 g/mol. The lowest BCUT2D eigenvalue weighted by molar-refractivity contribution is 0.0860. The van der Waals surface area contributed by atoms with Crippen LogP contribution < -0.4 is 0 Å². The molecule has 6 heteroatoms. The topological polar surface area (TPSA) is 60.9 Å². The Morgan fingerprint density at radius 1 is 1.29 bits per heavy atom. The van der Waals surface area contributed by atoms with Gasteiger partial charge in [-0.3, -0.25) is 0 Å². The molecule has 1 atom stereocenters. The molecule has 0 aromatic heterocycles. The molecule has 1 aliphatic heterocycles. The molecule has 0 amide bonds. The first-order valence-corrected chi connectivity index (χ1v) is 9.11. The summed E-state index contributed by atoms with van der Waals surface area (Å²) in [7, 11) is -1.08. The molecule has 1 fully saturated rings. The summed E-state index contributed by atoms with van der Waals surface area (Å²) in [6.45, 7) is 1.69. The molecular formula is C15H24N2O3S. The van der Waals surface area contributed by atoms with Crippen molar-refractivity contribution in [3.05, 3.63) is 35.9 Å². The van der Waals surface area contributed by atoms with E-state index in [1.165, 1.54) is 10.6 Å². The van der Waals surface area contributed by atoms with Crippen LogP contribution in [0.5, 0.6) is 0 Å². The Hall–Kier alpha value is -0.950. The van der Waals surface area contributed by atoms with Gasteiger partial charge in [0.25, 0.3) is 0 Å². The number of likely N-dealkylation sites (N-methyl/N-ethyl adjacent to an activating group) is 1. The molecule has 1 aromatic carbocycles. The van der Waals surface area contributed by atoms with Crippen LogP contribution in [0.15, 0.2) is 30.3 Å². The Balaban J connectivity index is 1.86. The molecule has 5 nitrogen and oxygen atoms in total. The van der Waals surface area contributed by atoms with Crippen LogP contribution in [-0.2, 0) is 10.0 Å². The van der Waals surface area contributed by atoms with Crippen LogP contribution in [0, 0.1) is 0 Å². The van der Waals surface area contributed by atoms with Gasteiger partial charge in [0, 0.05) is 25.7 Å². The minimum absolute atomic E-state index is 0.321. The van der Waals surface area contributed by atoms with Gasteiger partial charge in [-0.2, -0.15) is 0 Å². The highest BCUT2D eigenvalue weighted by atomic mass is 32.2. The van der Waals surface area contributed by atoms with Crippen LogP contribution in [0.25, 0.3) is 0 Å². The smallest absolute Gasteiger partial charge is 0.211 e. The van der Waals surface area contributed by atoms with Crippen molar-refractivity contribution >= 4 is 10.0 Å². The van der Waals surface area contributed by atoms with Crippen molar-refractivity contribution in [2.75, 3.05) is 32.9 Å². The molecule has 0 radical (unpaired) electrons. The molecule has 1 aliphatic rings. The molecule has 1 saturated heterocycles. The van der Waals surface area contributed by atoms with E-state index in [1.807, 2.05) is 37.4 Å². The van der Waals surface area contributed by atoms with Gasteiger partial charge < -0.3 is 10.0 Å². The second-order valence-electron chi connectivity index (χ2n) is 5.76. The number of piperidine rings is 1. The molecule has 0 aliphatic carbocycles. The van der Waals surface area contributed by atoms with E-state index in [4.69, 9.17) is 0 Å². The fourth-order valence-electron chi connectivity index (χ4n) is 2.82. The summed E-state index contributed by atoms with van der Waals surface area (Å²) in [6, 6.07) is 9.93. The fraction of sp³-hybridized carbons (Fsp3) is 0.600. The minimum atomic E-state index is -3.08. The van der Waals surface area contributed by atoms with E-state index in [1.54, 1.807) is 0 Å². The number of hydrogen-bond acceptors (Lipinski definition) is 4. The van der Waals surface area contributed by atoms with E-state index >= 15 is 0 Å². The first kappa shape index (κ1) is 16.4. The van der Waals surface area contributed by atoms with Gasteiger partial charge in [0.05, 0.1) is 12.4 Å². The van der Waals surface area contributed by atoms with Crippen LogP contribution in [-0.4, -0.2) is 61.7 Å².